The molecule has 0 fully saturated rings. The quantitative estimate of drug-likeness (QED) is 0.0781. The molecule has 2 N–H and O–H groups in total. The van der Waals surface area contributed by atoms with Gasteiger partial charge in [-0.1, -0.05) is 0 Å². The molecule has 395 valence electrons. The van der Waals surface area contributed by atoms with Gasteiger partial charge in [0, 0.05) is 22.1 Å². The molecule has 0 radical (unpaired) electrons. The summed E-state index contributed by atoms with van der Waals surface area (Å²) < 4.78 is 293. The minimum absolute atomic E-state index is 0. The third kappa shape index (κ3) is 7.92. The summed E-state index contributed by atoms with van der Waals surface area (Å²) in [5.74, 6) is -71.6. The molecule has 5 heterocycles. The third-order valence-corrected chi connectivity index (χ3v) is 19.2. The first kappa shape index (κ1) is 54.4. The first-order valence-electron chi connectivity index (χ1n) is 20.4. The van der Waals surface area contributed by atoms with Crippen LogP contribution in [0, 0.1) is 116 Å². The summed E-state index contributed by atoms with van der Waals surface area (Å²) in [5.41, 5.74) is 7.86. The van der Waals surface area contributed by atoms with Crippen LogP contribution in [0.2, 0.25) is 0 Å². The van der Waals surface area contributed by atoms with Crippen LogP contribution >= 0.6 is 12.4 Å². The molecular weight excluding hydrogens is 1130 g/mol. The summed E-state index contributed by atoms with van der Waals surface area (Å²) in [6, 6.07) is 17.3. The molecule has 2 aliphatic heterocycles. The number of fused-ring (bicyclic) bond motifs is 8. The van der Waals surface area contributed by atoms with Gasteiger partial charge >= 0.3 is 269 Å². The zero-order valence-electron chi connectivity index (χ0n) is 36.5. The van der Waals surface area contributed by atoms with E-state index >= 15 is 70.2 Å². The van der Waals surface area contributed by atoms with Gasteiger partial charge in [0.1, 0.15) is 0 Å². The van der Waals surface area contributed by atoms with Crippen molar-refractivity contribution in [3.05, 3.63) is 218 Å². The van der Waals surface area contributed by atoms with Crippen LogP contribution in [0.1, 0.15) is 22.8 Å². The molecule has 0 saturated heterocycles. The molecule has 0 aliphatic carbocycles. The van der Waals surface area contributed by atoms with E-state index in [4.69, 9.17) is 0 Å². The Balaban J connectivity index is 0.000000253. The van der Waals surface area contributed by atoms with Gasteiger partial charge in [0.25, 0.3) is 0 Å². The van der Waals surface area contributed by atoms with Crippen molar-refractivity contribution in [2.45, 2.75) is 0 Å². The number of rotatable bonds is 5. The van der Waals surface area contributed by atoms with E-state index < -0.39 is 150 Å². The number of aromatic nitrogens is 4. The molecule has 2 aliphatic rings. The Bertz CT molecular complexity index is 3430. The van der Waals surface area contributed by atoms with E-state index in [0.717, 1.165) is 44.8 Å². The van der Waals surface area contributed by atoms with Crippen LogP contribution in [0.25, 0.3) is 46.4 Å². The van der Waals surface area contributed by atoms with Crippen LogP contribution in [-0.4, -0.2) is 19.9 Å². The average molecular weight is 1150 g/mol. The Kier molecular flexibility index (Phi) is 14.1. The number of benzene rings is 5. The molecular formula is C50H20ClF20FeN4. The van der Waals surface area contributed by atoms with Crippen LogP contribution in [0.3, 0.4) is 0 Å². The summed E-state index contributed by atoms with van der Waals surface area (Å²) in [4.78, 5) is 16.0. The predicted octanol–water partition coefficient (Wildman–Crippen LogP) is 12.2. The second-order valence-corrected chi connectivity index (χ2v) is 21.2. The van der Waals surface area contributed by atoms with Crippen LogP contribution < -0.4 is 22.3 Å². The van der Waals surface area contributed by atoms with Crippen molar-refractivity contribution in [2.24, 2.45) is 0 Å². The second-order valence-electron chi connectivity index (χ2n) is 15.6. The molecule has 0 amide bonds. The third-order valence-electron chi connectivity index (χ3n) is 11.2. The monoisotopic (exact) mass is 1150 g/mol. The van der Waals surface area contributed by atoms with Crippen LogP contribution in [0.5, 0.6) is 0 Å². The molecule has 8 bridgehead atoms. The van der Waals surface area contributed by atoms with E-state index in [1.807, 2.05) is 48.6 Å². The summed E-state index contributed by atoms with van der Waals surface area (Å²) in [6.45, 7) is 0. The number of H-pyrrole nitrogens is 2. The van der Waals surface area contributed by atoms with Crippen molar-refractivity contribution in [2.75, 3.05) is 0 Å². The SMILES string of the molecule is C1=Cc2cc3ccc(cc4nc(cc5ccc(cc1n2)[nH]5)C=C4)[nH]3.Cl.Fc1c(F)c(F)[c]([Fe]([c]2ccccc2)([c]2c(F)c(F)c(F)c(F)c2F)([c]2c(F)c(F)c(F)c(F)c2F)[c]2c(F)c(F)c(F)c(F)c2F)c(F)c1F. The van der Waals surface area contributed by atoms with Gasteiger partial charge in [-0.2, -0.15) is 0 Å². The Labute approximate surface area is 417 Å². The van der Waals surface area contributed by atoms with Crippen LogP contribution in [0.4, 0.5) is 87.8 Å². The number of halogens is 21. The van der Waals surface area contributed by atoms with E-state index in [1.54, 1.807) is 0 Å². The first-order valence-corrected chi connectivity index (χ1v) is 23.2. The van der Waals surface area contributed by atoms with Gasteiger partial charge in [-0.3, -0.25) is 0 Å². The van der Waals surface area contributed by atoms with Gasteiger partial charge in [0.05, 0.1) is 22.8 Å². The van der Waals surface area contributed by atoms with Crippen molar-refractivity contribution in [1.29, 1.82) is 0 Å². The van der Waals surface area contributed by atoms with Crippen molar-refractivity contribution >= 4 is 81.1 Å². The number of nitrogens with one attached hydrogen (secondary N) is 2. The maximum absolute atomic E-state index is 16.3. The van der Waals surface area contributed by atoms with Gasteiger partial charge in [-0.25, -0.2) is 9.97 Å². The van der Waals surface area contributed by atoms with E-state index in [9.17, 15) is 17.6 Å². The molecule has 5 aromatic carbocycles. The van der Waals surface area contributed by atoms with Gasteiger partial charge in [-0.05, 0) is 72.8 Å². The molecule has 0 atom stereocenters. The number of hydrogen-bond donors (Lipinski definition) is 2. The molecule has 0 saturated carbocycles. The van der Waals surface area contributed by atoms with E-state index in [-0.39, 0.29) is 24.5 Å². The Morgan fingerprint density at radius 1 is 0.263 bits per heavy atom. The van der Waals surface area contributed by atoms with Crippen molar-refractivity contribution in [3.63, 3.8) is 0 Å². The fraction of sp³-hybridized carbons (Fsp3) is 0. The Hall–Kier alpha value is -7.89. The second kappa shape index (κ2) is 19.7. The topological polar surface area (TPSA) is 57.4 Å². The fourth-order valence-electron chi connectivity index (χ4n) is 8.06. The molecule has 0 unspecified atom stereocenters. The minimum atomic E-state index is -9.82. The summed E-state index contributed by atoms with van der Waals surface area (Å²) in [5, 5.41) is 0. The first-order chi connectivity index (χ1) is 35.5. The molecule has 76 heavy (non-hydrogen) atoms. The van der Waals surface area contributed by atoms with E-state index in [1.165, 1.54) is 0 Å². The number of nitrogens with zero attached hydrogens (tertiary/aromatic N) is 2. The standard InChI is InChI=1S/C20H14N4.4C6F5.C6H5.ClH.Fe/c1-2-14-10-16-5-6-18(23-16)12-20-8-7-19(24-20)11-17-4-3-15(22-17)9-13(1)21-14;4*7-2-1-3(8)5(10)6(11)4(2)9;1-2-4-6-5-3-1;;/h1-12,21,24H;;;;;1-5H;1H;. The van der Waals surface area contributed by atoms with Gasteiger partial charge in [0.2, 0.25) is 0 Å². The summed E-state index contributed by atoms with van der Waals surface area (Å²) in [7, 11) is 0. The van der Waals surface area contributed by atoms with Crippen molar-refractivity contribution < 1.29 is 99.6 Å². The Morgan fingerprint density at radius 3 is 0.671 bits per heavy atom. The zero-order valence-corrected chi connectivity index (χ0v) is 38.5. The van der Waals surface area contributed by atoms with Crippen LogP contribution in [0.15, 0.2) is 78.9 Å². The molecule has 3 aromatic heterocycles. The van der Waals surface area contributed by atoms with Gasteiger partial charge in [-0.15, -0.1) is 12.4 Å². The van der Waals surface area contributed by atoms with Crippen molar-refractivity contribution in [3.8, 4) is 0 Å². The normalized spacial score (nSPS) is 12.6. The fourth-order valence-corrected chi connectivity index (χ4v) is 16.8. The molecule has 10 rings (SSSR count). The maximum atomic E-state index is 16.3. The van der Waals surface area contributed by atoms with Crippen LogP contribution in [-0.2, 0) is 11.8 Å². The van der Waals surface area contributed by atoms with E-state index in [0.29, 0.717) is 18.2 Å². The predicted molar refractivity (Wildman–Crippen MR) is 236 cm³/mol. The number of aromatic amines is 2. The molecule has 26 heteroatoms. The molecule has 8 aromatic rings. The van der Waals surface area contributed by atoms with Gasteiger partial charge in [0.15, 0.2) is 0 Å². The summed E-state index contributed by atoms with van der Waals surface area (Å²) in [6.07, 6.45) is 8.09. The Morgan fingerprint density at radius 2 is 0.461 bits per heavy atom. The average Bonchev–Trinajstić information content (AvgIpc) is 4.03. The van der Waals surface area contributed by atoms with Gasteiger partial charge < -0.3 is 9.97 Å². The summed E-state index contributed by atoms with van der Waals surface area (Å²) >= 11 is -9.82. The number of hydrogen-bond acceptors (Lipinski definition) is 2. The zero-order chi connectivity index (χ0) is 54.3. The van der Waals surface area contributed by atoms with Crippen molar-refractivity contribution in [1.82, 2.24) is 19.9 Å². The van der Waals surface area contributed by atoms with E-state index in [2.05, 4.69) is 44.2 Å². The molecule has 4 nitrogen and oxygen atoms in total. The molecule has 0 spiro atoms.